The maximum absolute atomic E-state index is 12.2. The minimum atomic E-state index is -0.194. The van der Waals surface area contributed by atoms with E-state index < -0.39 is 0 Å². The normalized spacial score (nSPS) is 10.7. The zero-order chi connectivity index (χ0) is 17.7. The summed E-state index contributed by atoms with van der Waals surface area (Å²) in [4.78, 5) is 12.2. The first kappa shape index (κ1) is 18.4. The Morgan fingerprint density at radius 3 is 2.88 bits per heavy atom. The average Bonchev–Trinajstić information content (AvgIpc) is 2.89. The number of thioether (sulfide) groups is 1. The van der Waals surface area contributed by atoms with Gasteiger partial charge in [-0.3, -0.25) is 4.79 Å². The molecule has 0 spiro atoms. The van der Waals surface area contributed by atoms with Gasteiger partial charge in [0, 0.05) is 17.5 Å². The number of nitrogens with zero attached hydrogens (tertiary/aromatic N) is 3. The highest BCUT2D eigenvalue weighted by molar-refractivity contribution is 7.99. The minimum Gasteiger partial charge on any atom is -0.495 e. The van der Waals surface area contributed by atoms with Crippen molar-refractivity contribution in [1.29, 1.82) is 0 Å². The Bertz CT molecular complexity index is 735. The van der Waals surface area contributed by atoms with Gasteiger partial charge in [-0.05, 0) is 25.0 Å². The molecular weight excluding hydrogens is 350 g/mol. The number of carbonyl (C=O) groups excluding carboxylic acids is 1. The van der Waals surface area contributed by atoms with E-state index in [1.54, 1.807) is 12.1 Å². The molecule has 1 heterocycles. The summed E-state index contributed by atoms with van der Waals surface area (Å²) in [5.74, 6) is 7.09. The quantitative estimate of drug-likeness (QED) is 0.575. The Kier molecular flexibility index (Phi) is 6.33. The molecule has 1 aromatic heterocycles. The summed E-state index contributed by atoms with van der Waals surface area (Å²) in [7, 11) is 1.53. The Labute approximate surface area is 149 Å². The van der Waals surface area contributed by atoms with Gasteiger partial charge in [-0.25, -0.2) is 4.68 Å². The van der Waals surface area contributed by atoms with E-state index in [1.165, 1.54) is 23.5 Å². The van der Waals surface area contributed by atoms with Crippen LogP contribution in [0, 0.1) is 6.92 Å². The molecule has 0 unspecified atom stereocenters. The molecule has 130 valence electrons. The van der Waals surface area contributed by atoms with Crippen LogP contribution >= 0.6 is 23.4 Å². The van der Waals surface area contributed by atoms with Gasteiger partial charge in [0.1, 0.15) is 5.75 Å². The predicted molar refractivity (Wildman–Crippen MR) is 96.3 cm³/mol. The van der Waals surface area contributed by atoms with Gasteiger partial charge in [0.15, 0.2) is 5.82 Å². The van der Waals surface area contributed by atoms with Crippen molar-refractivity contribution in [3.05, 3.63) is 28.5 Å². The summed E-state index contributed by atoms with van der Waals surface area (Å²) in [6.45, 7) is 3.90. The van der Waals surface area contributed by atoms with E-state index in [1.807, 2.05) is 13.8 Å². The topological polar surface area (TPSA) is 95.1 Å². The number of hydrogen-bond donors (Lipinski definition) is 2. The first-order chi connectivity index (χ1) is 11.5. The van der Waals surface area contributed by atoms with Gasteiger partial charge in [0.05, 0.1) is 18.6 Å². The number of nitrogen functional groups attached to an aromatic ring is 1. The number of methoxy groups -OCH3 is 1. The number of anilines is 1. The third-order valence-electron chi connectivity index (χ3n) is 3.30. The molecule has 1 aromatic carbocycles. The van der Waals surface area contributed by atoms with Crippen LogP contribution in [0.4, 0.5) is 5.69 Å². The largest absolute Gasteiger partial charge is 0.495 e. The van der Waals surface area contributed by atoms with Crippen LogP contribution < -0.4 is 15.9 Å². The summed E-state index contributed by atoms with van der Waals surface area (Å²) in [6.07, 6.45) is 1.67. The number of aromatic nitrogens is 3. The number of amides is 1. The van der Waals surface area contributed by atoms with Gasteiger partial charge in [0.25, 0.3) is 0 Å². The van der Waals surface area contributed by atoms with E-state index in [9.17, 15) is 4.79 Å². The van der Waals surface area contributed by atoms with Gasteiger partial charge < -0.3 is 15.9 Å². The lowest BCUT2D eigenvalue weighted by atomic mass is 10.2. The SMILES string of the molecule is CCCc1nnc(SCC(=O)Nc2cc(C)c(Cl)cc2OC)n1N. The maximum atomic E-state index is 12.2. The molecule has 24 heavy (non-hydrogen) atoms. The zero-order valence-corrected chi connectivity index (χ0v) is 15.4. The van der Waals surface area contributed by atoms with E-state index in [4.69, 9.17) is 22.2 Å². The second kappa shape index (κ2) is 8.25. The van der Waals surface area contributed by atoms with Crippen LogP contribution in [0.5, 0.6) is 5.75 Å². The summed E-state index contributed by atoms with van der Waals surface area (Å²) in [6, 6.07) is 3.45. The molecule has 0 saturated heterocycles. The molecule has 0 saturated carbocycles. The molecule has 2 aromatic rings. The van der Waals surface area contributed by atoms with Crippen molar-refractivity contribution in [3.63, 3.8) is 0 Å². The lowest BCUT2D eigenvalue weighted by Gasteiger charge is -2.12. The van der Waals surface area contributed by atoms with Gasteiger partial charge in [0.2, 0.25) is 11.1 Å². The molecule has 0 aliphatic carbocycles. The number of ether oxygens (including phenoxy) is 1. The number of aryl methyl sites for hydroxylation is 2. The predicted octanol–water partition coefficient (Wildman–Crippen LogP) is 2.65. The Morgan fingerprint density at radius 2 is 2.21 bits per heavy atom. The fourth-order valence-electron chi connectivity index (χ4n) is 2.05. The number of rotatable bonds is 7. The van der Waals surface area contributed by atoms with E-state index in [0.29, 0.717) is 27.4 Å². The molecule has 0 bridgehead atoms. The second-order valence-corrected chi connectivity index (χ2v) is 6.51. The molecule has 9 heteroatoms. The minimum absolute atomic E-state index is 0.159. The van der Waals surface area contributed by atoms with Crippen molar-refractivity contribution in [2.75, 3.05) is 24.0 Å². The van der Waals surface area contributed by atoms with E-state index in [-0.39, 0.29) is 11.7 Å². The van der Waals surface area contributed by atoms with Crippen LogP contribution in [0.25, 0.3) is 0 Å². The Hall–Kier alpha value is -1.93. The van der Waals surface area contributed by atoms with E-state index in [2.05, 4.69) is 15.5 Å². The number of carbonyl (C=O) groups is 1. The van der Waals surface area contributed by atoms with Crippen LogP contribution in [0.3, 0.4) is 0 Å². The molecule has 2 rings (SSSR count). The second-order valence-electron chi connectivity index (χ2n) is 5.16. The summed E-state index contributed by atoms with van der Waals surface area (Å²) in [5.41, 5.74) is 1.43. The van der Waals surface area contributed by atoms with Gasteiger partial charge >= 0.3 is 0 Å². The molecule has 0 fully saturated rings. The average molecular weight is 370 g/mol. The molecule has 0 aliphatic heterocycles. The Balaban J connectivity index is 2.00. The van der Waals surface area contributed by atoms with E-state index >= 15 is 0 Å². The number of nitrogens with one attached hydrogen (secondary N) is 1. The van der Waals surface area contributed by atoms with Crippen LogP contribution in [0.1, 0.15) is 24.7 Å². The molecular formula is C15H20ClN5O2S. The summed E-state index contributed by atoms with van der Waals surface area (Å²) >= 11 is 7.29. The third kappa shape index (κ3) is 4.33. The van der Waals surface area contributed by atoms with Crippen LogP contribution in [-0.2, 0) is 11.2 Å². The van der Waals surface area contributed by atoms with Crippen molar-refractivity contribution < 1.29 is 9.53 Å². The number of nitrogens with two attached hydrogens (primary N) is 1. The van der Waals surface area contributed by atoms with Gasteiger partial charge in [-0.2, -0.15) is 0 Å². The third-order valence-corrected chi connectivity index (χ3v) is 4.65. The molecule has 0 aliphatic rings. The summed E-state index contributed by atoms with van der Waals surface area (Å²) in [5, 5.41) is 11.9. The highest BCUT2D eigenvalue weighted by atomic mass is 35.5. The highest BCUT2D eigenvalue weighted by Crippen LogP contribution is 2.31. The van der Waals surface area contributed by atoms with Crippen molar-refractivity contribution in [2.45, 2.75) is 31.8 Å². The van der Waals surface area contributed by atoms with Crippen molar-refractivity contribution in [2.24, 2.45) is 0 Å². The summed E-state index contributed by atoms with van der Waals surface area (Å²) < 4.78 is 6.67. The van der Waals surface area contributed by atoms with E-state index in [0.717, 1.165) is 18.4 Å². The number of halogens is 1. The fraction of sp³-hybridized carbons (Fsp3) is 0.400. The fourth-order valence-corrected chi connectivity index (χ4v) is 2.87. The Morgan fingerprint density at radius 1 is 1.46 bits per heavy atom. The molecule has 0 atom stereocenters. The van der Waals surface area contributed by atoms with Crippen LogP contribution in [0.15, 0.2) is 17.3 Å². The first-order valence-electron chi connectivity index (χ1n) is 7.42. The lowest BCUT2D eigenvalue weighted by molar-refractivity contribution is -0.113. The molecule has 7 nitrogen and oxygen atoms in total. The monoisotopic (exact) mass is 369 g/mol. The van der Waals surface area contributed by atoms with Crippen molar-refractivity contribution >= 4 is 35.0 Å². The van der Waals surface area contributed by atoms with Crippen molar-refractivity contribution in [1.82, 2.24) is 14.9 Å². The van der Waals surface area contributed by atoms with Gasteiger partial charge in [-0.15, -0.1) is 10.2 Å². The zero-order valence-electron chi connectivity index (χ0n) is 13.8. The number of benzene rings is 1. The lowest BCUT2D eigenvalue weighted by Crippen LogP contribution is -2.17. The maximum Gasteiger partial charge on any atom is 0.234 e. The number of hydrogen-bond acceptors (Lipinski definition) is 6. The van der Waals surface area contributed by atoms with Crippen molar-refractivity contribution in [3.8, 4) is 5.75 Å². The standard InChI is InChI=1S/C15H20ClN5O2S/c1-4-5-13-19-20-15(21(13)17)24-8-14(22)18-11-6-9(2)10(16)7-12(11)23-3/h6-7H,4-5,8,17H2,1-3H3,(H,18,22). The highest BCUT2D eigenvalue weighted by Gasteiger charge is 2.14. The first-order valence-corrected chi connectivity index (χ1v) is 8.78. The molecule has 1 amide bonds. The molecule has 0 radical (unpaired) electrons. The molecule has 3 N–H and O–H groups in total. The van der Waals surface area contributed by atoms with Crippen LogP contribution in [0.2, 0.25) is 5.02 Å². The smallest absolute Gasteiger partial charge is 0.234 e. The van der Waals surface area contributed by atoms with Gasteiger partial charge in [-0.1, -0.05) is 30.3 Å². The van der Waals surface area contributed by atoms with Crippen LogP contribution in [-0.4, -0.2) is 33.6 Å².